The molecule has 2 N–H and O–H groups in total. The Morgan fingerprint density at radius 1 is 1.28 bits per heavy atom. The molecule has 1 aromatic carbocycles. The fourth-order valence-corrected chi connectivity index (χ4v) is 1.82. The van der Waals surface area contributed by atoms with Gasteiger partial charge in [0.2, 0.25) is 0 Å². The van der Waals surface area contributed by atoms with Crippen molar-refractivity contribution in [1.82, 2.24) is 10.5 Å². The minimum Gasteiger partial charge on any atom is -0.508 e. The zero-order valence-corrected chi connectivity index (χ0v) is 10.3. The van der Waals surface area contributed by atoms with Gasteiger partial charge in [0.05, 0.1) is 5.69 Å². The summed E-state index contributed by atoms with van der Waals surface area (Å²) in [5, 5.41) is 16.3. The number of aryl methyl sites for hydroxylation is 2. The van der Waals surface area contributed by atoms with Crippen LogP contribution < -0.4 is 5.32 Å². The average molecular weight is 250 g/mol. The highest BCUT2D eigenvalue weighted by atomic mass is 19.1. The zero-order valence-electron chi connectivity index (χ0n) is 10.3. The van der Waals surface area contributed by atoms with E-state index >= 15 is 0 Å². The molecule has 0 unspecified atom stereocenters. The molecule has 1 heterocycles. The number of nitrogens with one attached hydrogen (secondary N) is 1. The molecule has 0 aliphatic heterocycles. The third-order valence-electron chi connectivity index (χ3n) is 2.75. The SMILES string of the molecule is Cc1noc(C)c1CNCc1cc(O)cc(F)c1. The van der Waals surface area contributed by atoms with E-state index in [2.05, 4.69) is 10.5 Å². The Labute approximate surface area is 104 Å². The van der Waals surface area contributed by atoms with Gasteiger partial charge < -0.3 is 14.9 Å². The summed E-state index contributed by atoms with van der Waals surface area (Å²) in [5.74, 6) is 0.273. The highest BCUT2D eigenvalue weighted by Crippen LogP contribution is 2.15. The lowest BCUT2D eigenvalue weighted by molar-refractivity contribution is 0.392. The Kier molecular flexibility index (Phi) is 3.62. The number of hydrogen-bond donors (Lipinski definition) is 2. The summed E-state index contributed by atoms with van der Waals surface area (Å²) in [4.78, 5) is 0. The lowest BCUT2D eigenvalue weighted by Crippen LogP contribution is -2.13. The molecule has 0 spiro atoms. The quantitative estimate of drug-likeness (QED) is 0.875. The standard InChI is InChI=1S/C13H15FN2O2/c1-8-13(9(2)18-16-8)7-15-6-10-3-11(14)5-12(17)4-10/h3-5,15,17H,6-7H2,1-2H3. The summed E-state index contributed by atoms with van der Waals surface area (Å²) in [7, 11) is 0. The highest BCUT2D eigenvalue weighted by molar-refractivity contribution is 5.28. The summed E-state index contributed by atoms with van der Waals surface area (Å²) >= 11 is 0. The van der Waals surface area contributed by atoms with Crippen LogP contribution in [-0.4, -0.2) is 10.3 Å². The lowest BCUT2D eigenvalue weighted by atomic mass is 10.2. The Hall–Kier alpha value is -1.88. The second-order valence-corrected chi connectivity index (χ2v) is 4.22. The molecule has 96 valence electrons. The number of benzene rings is 1. The normalized spacial score (nSPS) is 10.8. The molecule has 0 saturated carbocycles. The van der Waals surface area contributed by atoms with Crippen LogP contribution in [0.2, 0.25) is 0 Å². The lowest BCUT2D eigenvalue weighted by Gasteiger charge is -2.05. The summed E-state index contributed by atoms with van der Waals surface area (Å²) in [6.07, 6.45) is 0. The van der Waals surface area contributed by atoms with Gasteiger partial charge in [0.15, 0.2) is 0 Å². The monoisotopic (exact) mass is 250 g/mol. The molecular weight excluding hydrogens is 235 g/mol. The van der Waals surface area contributed by atoms with Crippen molar-refractivity contribution in [2.75, 3.05) is 0 Å². The molecule has 2 aromatic rings. The number of halogens is 1. The molecule has 2 rings (SSSR count). The molecule has 5 heteroatoms. The predicted octanol–water partition coefficient (Wildman–Crippen LogP) is 2.43. The van der Waals surface area contributed by atoms with Crippen LogP contribution in [0.5, 0.6) is 5.75 Å². The van der Waals surface area contributed by atoms with Gasteiger partial charge in [-0.2, -0.15) is 0 Å². The van der Waals surface area contributed by atoms with Gasteiger partial charge >= 0.3 is 0 Å². The molecule has 4 nitrogen and oxygen atoms in total. The molecule has 1 aromatic heterocycles. The minimum atomic E-state index is -0.441. The van der Waals surface area contributed by atoms with Gasteiger partial charge in [-0.05, 0) is 31.5 Å². The number of nitrogens with zero attached hydrogens (tertiary/aromatic N) is 1. The van der Waals surface area contributed by atoms with Crippen LogP contribution in [0.4, 0.5) is 4.39 Å². The zero-order chi connectivity index (χ0) is 13.1. The van der Waals surface area contributed by atoms with Crippen molar-refractivity contribution >= 4 is 0 Å². The first kappa shape index (κ1) is 12.6. The Morgan fingerprint density at radius 3 is 2.67 bits per heavy atom. The Morgan fingerprint density at radius 2 is 2.06 bits per heavy atom. The van der Waals surface area contributed by atoms with Crippen molar-refractivity contribution in [2.45, 2.75) is 26.9 Å². The number of phenolic OH excluding ortho intramolecular Hbond substituents is 1. The third kappa shape index (κ3) is 2.87. The third-order valence-corrected chi connectivity index (χ3v) is 2.75. The number of phenols is 1. The van der Waals surface area contributed by atoms with Crippen molar-refractivity contribution in [3.05, 3.63) is 46.6 Å². The van der Waals surface area contributed by atoms with E-state index in [0.717, 1.165) is 23.1 Å². The molecule has 0 aliphatic rings. The van der Waals surface area contributed by atoms with E-state index in [-0.39, 0.29) is 5.75 Å². The molecule has 0 aliphatic carbocycles. The number of rotatable bonds is 4. The van der Waals surface area contributed by atoms with Crippen LogP contribution in [0, 0.1) is 19.7 Å². The summed E-state index contributed by atoms with van der Waals surface area (Å²) < 4.78 is 18.1. The van der Waals surface area contributed by atoms with Crippen molar-refractivity contribution in [2.24, 2.45) is 0 Å². The van der Waals surface area contributed by atoms with Crippen LogP contribution in [0.15, 0.2) is 22.7 Å². The number of hydrogen-bond acceptors (Lipinski definition) is 4. The van der Waals surface area contributed by atoms with E-state index in [4.69, 9.17) is 4.52 Å². The van der Waals surface area contributed by atoms with E-state index in [1.54, 1.807) is 0 Å². The van der Waals surface area contributed by atoms with E-state index in [1.807, 2.05) is 13.8 Å². The molecule has 0 saturated heterocycles. The van der Waals surface area contributed by atoms with Gasteiger partial charge in [-0.25, -0.2) is 4.39 Å². The first-order valence-corrected chi connectivity index (χ1v) is 5.67. The van der Waals surface area contributed by atoms with Crippen LogP contribution in [0.3, 0.4) is 0 Å². The molecule has 0 bridgehead atoms. The van der Waals surface area contributed by atoms with Crippen molar-refractivity contribution in [1.29, 1.82) is 0 Å². The van der Waals surface area contributed by atoms with Gasteiger partial charge in [0, 0.05) is 24.7 Å². The van der Waals surface area contributed by atoms with Crippen LogP contribution in [0.25, 0.3) is 0 Å². The largest absolute Gasteiger partial charge is 0.508 e. The second kappa shape index (κ2) is 5.18. The minimum absolute atomic E-state index is 0.0656. The van der Waals surface area contributed by atoms with Gasteiger partial charge in [-0.1, -0.05) is 5.16 Å². The summed E-state index contributed by atoms with van der Waals surface area (Å²) in [6.45, 7) is 4.79. The van der Waals surface area contributed by atoms with Crippen molar-refractivity contribution in [3.63, 3.8) is 0 Å². The van der Waals surface area contributed by atoms with Crippen molar-refractivity contribution < 1.29 is 14.0 Å². The van der Waals surface area contributed by atoms with Crippen molar-refractivity contribution in [3.8, 4) is 5.75 Å². The maximum absolute atomic E-state index is 13.0. The van der Waals surface area contributed by atoms with Crippen LogP contribution >= 0.6 is 0 Å². The molecule has 0 fully saturated rings. The first-order valence-electron chi connectivity index (χ1n) is 5.67. The Bertz CT molecular complexity index is 512. The topological polar surface area (TPSA) is 58.3 Å². The summed E-state index contributed by atoms with van der Waals surface area (Å²) in [5.41, 5.74) is 2.55. The molecule has 0 radical (unpaired) electrons. The fraction of sp³-hybridized carbons (Fsp3) is 0.308. The van der Waals surface area contributed by atoms with Gasteiger partial charge in [-0.3, -0.25) is 0 Å². The predicted molar refractivity (Wildman–Crippen MR) is 64.6 cm³/mol. The summed E-state index contributed by atoms with van der Waals surface area (Å²) in [6, 6.07) is 4.00. The maximum Gasteiger partial charge on any atom is 0.138 e. The molecule has 0 amide bonds. The fourth-order valence-electron chi connectivity index (χ4n) is 1.82. The molecular formula is C13H15FN2O2. The first-order chi connectivity index (χ1) is 8.56. The maximum atomic E-state index is 13.0. The Balaban J connectivity index is 1.96. The van der Waals surface area contributed by atoms with Gasteiger partial charge in [0.1, 0.15) is 17.3 Å². The van der Waals surface area contributed by atoms with E-state index in [9.17, 15) is 9.50 Å². The van der Waals surface area contributed by atoms with Crippen LogP contribution in [-0.2, 0) is 13.1 Å². The van der Waals surface area contributed by atoms with Crippen LogP contribution in [0.1, 0.15) is 22.6 Å². The molecule has 0 atom stereocenters. The van der Waals surface area contributed by atoms with E-state index in [0.29, 0.717) is 18.7 Å². The second-order valence-electron chi connectivity index (χ2n) is 4.22. The van der Waals surface area contributed by atoms with E-state index in [1.165, 1.54) is 12.1 Å². The number of aromatic nitrogens is 1. The van der Waals surface area contributed by atoms with Gasteiger partial charge in [-0.15, -0.1) is 0 Å². The smallest absolute Gasteiger partial charge is 0.138 e. The average Bonchev–Trinajstić information content (AvgIpc) is 2.59. The van der Waals surface area contributed by atoms with Gasteiger partial charge in [0.25, 0.3) is 0 Å². The highest BCUT2D eigenvalue weighted by Gasteiger charge is 2.08. The number of aromatic hydroxyl groups is 1. The molecule has 18 heavy (non-hydrogen) atoms. The van der Waals surface area contributed by atoms with E-state index < -0.39 is 5.82 Å².